The fourth-order valence-electron chi connectivity index (χ4n) is 1.53. The Morgan fingerprint density at radius 2 is 1.95 bits per heavy atom. The van der Waals surface area contributed by atoms with Crippen molar-refractivity contribution in [2.45, 2.75) is 30.3 Å². The number of rotatable bonds is 5. The molecule has 0 bridgehead atoms. The van der Waals surface area contributed by atoms with Gasteiger partial charge in [-0.3, -0.25) is 0 Å². The van der Waals surface area contributed by atoms with Crippen LogP contribution in [0.3, 0.4) is 0 Å². The van der Waals surface area contributed by atoms with E-state index in [2.05, 4.69) is 31.9 Å². The van der Waals surface area contributed by atoms with Gasteiger partial charge in [0.25, 0.3) is 0 Å². The molecule has 3 nitrogen and oxygen atoms in total. The van der Waals surface area contributed by atoms with Crippen LogP contribution in [-0.4, -0.2) is 26.0 Å². The van der Waals surface area contributed by atoms with E-state index in [1.165, 1.54) is 6.26 Å². The van der Waals surface area contributed by atoms with Gasteiger partial charge in [-0.05, 0) is 38.5 Å². The number of alkyl halides is 1. The molecule has 6 heteroatoms. The van der Waals surface area contributed by atoms with E-state index < -0.39 is 14.6 Å². The Morgan fingerprint density at radius 3 is 2.37 bits per heavy atom. The molecule has 1 rings (SSSR count). The van der Waals surface area contributed by atoms with Gasteiger partial charge in [0, 0.05) is 10.7 Å². The van der Waals surface area contributed by atoms with Crippen LogP contribution in [0.2, 0.25) is 0 Å². The summed E-state index contributed by atoms with van der Waals surface area (Å²) in [5.41, 5.74) is 0.888. The lowest BCUT2D eigenvalue weighted by atomic mass is 10.0. The molecule has 0 aliphatic rings. The second kappa shape index (κ2) is 6.14. The number of halogens is 2. The molecule has 0 aromatic heterocycles. The fraction of sp³-hybridized carbons (Fsp3) is 0.538. The molecule has 19 heavy (non-hydrogen) atoms. The molecule has 1 atom stereocenters. The average molecular weight is 414 g/mol. The number of ether oxygens (including phenoxy) is 1. The first-order valence-corrected chi connectivity index (χ1v) is 9.47. The van der Waals surface area contributed by atoms with Gasteiger partial charge in [0.2, 0.25) is 0 Å². The SMILES string of the molecule is CCOc1ccc(C(Br)C(C)(C)S(C)(=O)=O)c(Br)c1. The van der Waals surface area contributed by atoms with Gasteiger partial charge >= 0.3 is 0 Å². The summed E-state index contributed by atoms with van der Waals surface area (Å²) in [7, 11) is -3.19. The Kier molecular flexibility index (Phi) is 5.49. The number of sulfone groups is 1. The molecule has 0 spiro atoms. The normalized spacial score (nSPS) is 14.2. The van der Waals surface area contributed by atoms with Crippen LogP contribution in [0.4, 0.5) is 0 Å². The minimum Gasteiger partial charge on any atom is -0.494 e. The van der Waals surface area contributed by atoms with E-state index in [1.807, 2.05) is 25.1 Å². The molecular formula is C13H18Br2O3S. The Morgan fingerprint density at radius 1 is 1.37 bits per heavy atom. The van der Waals surface area contributed by atoms with Gasteiger partial charge in [-0.25, -0.2) is 8.42 Å². The summed E-state index contributed by atoms with van der Waals surface area (Å²) in [5, 5.41) is 0. The molecule has 0 N–H and O–H groups in total. The van der Waals surface area contributed by atoms with Crippen molar-refractivity contribution >= 4 is 41.7 Å². The van der Waals surface area contributed by atoms with Gasteiger partial charge in [-0.2, -0.15) is 0 Å². The highest BCUT2D eigenvalue weighted by molar-refractivity contribution is 9.11. The third kappa shape index (κ3) is 3.73. The van der Waals surface area contributed by atoms with Gasteiger partial charge in [0.05, 0.1) is 16.2 Å². The van der Waals surface area contributed by atoms with Crippen LogP contribution >= 0.6 is 31.9 Å². The third-order valence-electron chi connectivity index (χ3n) is 3.12. The predicted octanol–water partition coefficient (Wildman–Crippen LogP) is 4.11. The predicted molar refractivity (Wildman–Crippen MR) is 85.9 cm³/mol. The number of hydrogen-bond donors (Lipinski definition) is 0. The van der Waals surface area contributed by atoms with E-state index in [0.717, 1.165) is 15.8 Å². The first-order valence-electron chi connectivity index (χ1n) is 5.87. The monoisotopic (exact) mass is 412 g/mol. The largest absolute Gasteiger partial charge is 0.494 e. The minimum absolute atomic E-state index is 0.306. The molecule has 0 saturated heterocycles. The van der Waals surface area contributed by atoms with Crippen LogP contribution in [-0.2, 0) is 9.84 Å². The quantitative estimate of drug-likeness (QED) is 0.682. The summed E-state index contributed by atoms with van der Waals surface area (Å²) in [5.74, 6) is 0.759. The van der Waals surface area contributed by atoms with E-state index in [-0.39, 0.29) is 4.83 Å². The van der Waals surface area contributed by atoms with Gasteiger partial charge in [-0.15, -0.1) is 0 Å². The second-order valence-electron chi connectivity index (χ2n) is 4.85. The van der Waals surface area contributed by atoms with E-state index >= 15 is 0 Å². The van der Waals surface area contributed by atoms with Crippen molar-refractivity contribution in [2.75, 3.05) is 12.9 Å². The topological polar surface area (TPSA) is 43.4 Å². The van der Waals surface area contributed by atoms with Crippen molar-refractivity contribution in [3.8, 4) is 5.75 Å². The van der Waals surface area contributed by atoms with Crippen LogP contribution in [0.25, 0.3) is 0 Å². The molecule has 0 saturated carbocycles. The van der Waals surface area contributed by atoms with Crippen LogP contribution < -0.4 is 4.74 Å². The highest BCUT2D eigenvalue weighted by Crippen LogP contribution is 2.42. The van der Waals surface area contributed by atoms with Crippen LogP contribution in [0, 0.1) is 0 Å². The molecule has 0 heterocycles. The zero-order chi connectivity index (χ0) is 14.8. The van der Waals surface area contributed by atoms with Crippen molar-refractivity contribution in [3.05, 3.63) is 28.2 Å². The van der Waals surface area contributed by atoms with Crippen molar-refractivity contribution in [2.24, 2.45) is 0 Å². The molecule has 1 aromatic rings. The van der Waals surface area contributed by atoms with Gasteiger partial charge in [0.15, 0.2) is 9.84 Å². The molecule has 0 amide bonds. The Hall–Kier alpha value is -0.0700. The Labute approximate surface area is 131 Å². The van der Waals surface area contributed by atoms with Crippen molar-refractivity contribution < 1.29 is 13.2 Å². The number of benzene rings is 1. The molecule has 0 aliphatic heterocycles. The van der Waals surface area contributed by atoms with E-state index in [1.54, 1.807) is 13.8 Å². The lowest BCUT2D eigenvalue weighted by molar-refractivity contribution is 0.340. The van der Waals surface area contributed by atoms with Gasteiger partial charge < -0.3 is 4.74 Å². The van der Waals surface area contributed by atoms with E-state index in [0.29, 0.717) is 6.61 Å². The second-order valence-corrected chi connectivity index (χ2v) is 9.22. The first kappa shape index (κ1) is 17.0. The standard InChI is InChI=1S/C13H18Br2O3S/c1-5-18-9-6-7-10(11(14)8-9)12(15)13(2,3)19(4,16)17/h6-8,12H,5H2,1-4H3. The molecule has 0 fully saturated rings. The maximum atomic E-state index is 11.9. The fourth-order valence-corrected chi connectivity index (χ4v) is 4.35. The molecule has 1 unspecified atom stereocenters. The average Bonchev–Trinajstić information content (AvgIpc) is 2.27. The molecule has 0 radical (unpaired) electrons. The molecule has 108 valence electrons. The Bertz CT molecular complexity index is 553. The smallest absolute Gasteiger partial charge is 0.154 e. The summed E-state index contributed by atoms with van der Waals surface area (Å²) in [6.45, 7) is 5.94. The minimum atomic E-state index is -3.19. The summed E-state index contributed by atoms with van der Waals surface area (Å²) >= 11 is 6.98. The Balaban J connectivity index is 3.17. The first-order chi connectivity index (χ1) is 8.61. The van der Waals surface area contributed by atoms with Crippen LogP contribution in [0.15, 0.2) is 22.7 Å². The summed E-state index contributed by atoms with van der Waals surface area (Å²) in [6, 6.07) is 5.57. The van der Waals surface area contributed by atoms with Crippen molar-refractivity contribution in [1.82, 2.24) is 0 Å². The highest BCUT2D eigenvalue weighted by Gasteiger charge is 2.39. The lowest BCUT2D eigenvalue weighted by Gasteiger charge is -2.29. The summed E-state index contributed by atoms with van der Waals surface area (Å²) in [6.07, 6.45) is 1.25. The third-order valence-corrected chi connectivity index (χ3v) is 7.90. The van der Waals surface area contributed by atoms with Crippen LogP contribution in [0.1, 0.15) is 31.2 Å². The highest BCUT2D eigenvalue weighted by atomic mass is 79.9. The lowest BCUT2D eigenvalue weighted by Crippen LogP contribution is -2.35. The van der Waals surface area contributed by atoms with Gasteiger partial charge in [0.1, 0.15) is 5.75 Å². The van der Waals surface area contributed by atoms with Gasteiger partial charge in [-0.1, -0.05) is 37.9 Å². The van der Waals surface area contributed by atoms with E-state index in [4.69, 9.17) is 4.74 Å². The molecule has 0 aliphatic carbocycles. The van der Waals surface area contributed by atoms with Crippen molar-refractivity contribution in [1.29, 1.82) is 0 Å². The molecular weight excluding hydrogens is 396 g/mol. The molecule has 1 aromatic carbocycles. The summed E-state index contributed by atoms with van der Waals surface area (Å²) < 4.78 is 29.1. The van der Waals surface area contributed by atoms with Crippen LogP contribution in [0.5, 0.6) is 5.75 Å². The zero-order valence-electron chi connectivity index (χ0n) is 11.4. The zero-order valence-corrected chi connectivity index (χ0v) is 15.4. The maximum absolute atomic E-state index is 11.9. The van der Waals surface area contributed by atoms with E-state index in [9.17, 15) is 8.42 Å². The summed E-state index contributed by atoms with van der Waals surface area (Å²) in [4.78, 5) is -0.306. The number of hydrogen-bond acceptors (Lipinski definition) is 3. The maximum Gasteiger partial charge on any atom is 0.154 e. The van der Waals surface area contributed by atoms with Crippen molar-refractivity contribution in [3.63, 3.8) is 0 Å².